The van der Waals surface area contributed by atoms with Gasteiger partial charge in [-0.15, -0.1) is 6.58 Å². The minimum absolute atomic E-state index is 0.318. The highest BCUT2D eigenvalue weighted by atomic mass is 32.2. The van der Waals surface area contributed by atoms with E-state index in [1.165, 1.54) is 24.3 Å². The molecule has 66 valence electrons. The molecule has 0 aromatic rings. The van der Waals surface area contributed by atoms with E-state index in [0.717, 1.165) is 0 Å². The van der Waals surface area contributed by atoms with Crippen molar-refractivity contribution in [3.8, 4) is 0 Å². The third kappa shape index (κ3) is 6.49. The number of unbranched alkanes of at least 4 members (excludes halogenated alkanes) is 1. The first kappa shape index (κ1) is 11.1. The average Bonchev–Trinajstić information content (AvgIpc) is 1.99. The molecule has 0 amide bonds. The predicted molar refractivity (Wildman–Crippen MR) is 56.2 cm³/mol. The number of rotatable bonds is 6. The lowest BCUT2D eigenvalue weighted by molar-refractivity contribution is 0.558. The van der Waals surface area contributed by atoms with Gasteiger partial charge < -0.3 is 0 Å². The Hall–Kier alpha value is 0.0900. The molecule has 0 aliphatic carbocycles. The van der Waals surface area contributed by atoms with Gasteiger partial charge in [-0.1, -0.05) is 33.3 Å². The van der Waals surface area contributed by atoms with Gasteiger partial charge >= 0.3 is 0 Å². The molecule has 0 fully saturated rings. The fourth-order valence-corrected chi connectivity index (χ4v) is 1.92. The molecule has 0 spiro atoms. The maximum atomic E-state index is 3.82. The second-order valence-corrected chi connectivity index (χ2v) is 4.70. The van der Waals surface area contributed by atoms with Crippen LogP contribution in [-0.2, 0) is 0 Å². The first-order chi connectivity index (χ1) is 5.12. The molecule has 11 heavy (non-hydrogen) atoms. The van der Waals surface area contributed by atoms with Gasteiger partial charge in [0.1, 0.15) is 0 Å². The van der Waals surface area contributed by atoms with Gasteiger partial charge in [-0.05, 0) is 17.6 Å². The Labute approximate surface area is 75.5 Å². The molecule has 0 radical (unpaired) electrons. The molecule has 0 heterocycles. The molecule has 0 bridgehead atoms. The Morgan fingerprint density at radius 1 is 1.45 bits per heavy atom. The highest BCUT2D eigenvalue weighted by molar-refractivity contribution is 7.99. The van der Waals surface area contributed by atoms with E-state index in [2.05, 4.69) is 27.4 Å². The Balaban J connectivity index is 3.30. The van der Waals surface area contributed by atoms with Crippen LogP contribution in [0, 0.1) is 5.41 Å². The standard InChI is InChI=1S/C10H20S/c1-5-7-8-11-9-10(3,4)6-2/h6H,2,5,7-9H2,1,3-4H3. The second kappa shape index (κ2) is 5.70. The van der Waals surface area contributed by atoms with Crippen molar-refractivity contribution in [2.45, 2.75) is 33.6 Å². The first-order valence-electron chi connectivity index (χ1n) is 4.33. The molecule has 0 unspecified atom stereocenters. The van der Waals surface area contributed by atoms with Crippen LogP contribution < -0.4 is 0 Å². The van der Waals surface area contributed by atoms with Gasteiger partial charge in [-0.25, -0.2) is 0 Å². The van der Waals surface area contributed by atoms with Crippen LogP contribution in [0.15, 0.2) is 12.7 Å². The Morgan fingerprint density at radius 2 is 2.09 bits per heavy atom. The molecule has 0 nitrogen and oxygen atoms in total. The van der Waals surface area contributed by atoms with Crippen LogP contribution in [0.1, 0.15) is 33.6 Å². The van der Waals surface area contributed by atoms with E-state index in [1.807, 2.05) is 17.8 Å². The van der Waals surface area contributed by atoms with Crippen LogP contribution in [-0.4, -0.2) is 11.5 Å². The number of hydrogen-bond acceptors (Lipinski definition) is 1. The van der Waals surface area contributed by atoms with Crippen molar-refractivity contribution in [1.29, 1.82) is 0 Å². The Morgan fingerprint density at radius 3 is 2.55 bits per heavy atom. The summed E-state index contributed by atoms with van der Waals surface area (Å²) in [7, 11) is 0. The van der Waals surface area contributed by atoms with Crippen molar-refractivity contribution in [1.82, 2.24) is 0 Å². The molecule has 0 saturated carbocycles. The molecule has 1 heteroatoms. The van der Waals surface area contributed by atoms with Gasteiger partial charge in [0.05, 0.1) is 0 Å². The van der Waals surface area contributed by atoms with E-state index in [4.69, 9.17) is 0 Å². The smallest absolute Gasteiger partial charge is 0.00185 e. The van der Waals surface area contributed by atoms with E-state index in [9.17, 15) is 0 Å². The zero-order valence-electron chi connectivity index (χ0n) is 8.02. The third-order valence-electron chi connectivity index (χ3n) is 1.67. The molecule has 0 atom stereocenters. The van der Waals surface area contributed by atoms with Gasteiger partial charge in [0.25, 0.3) is 0 Å². The zero-order valence-corrected chi connectivity index (χ0v) is 8.84. The maximum Gasteiger partial charge on any atom is 0.00185 e. The van der Waals surface area contributed by atoms with Crippen LogP contribution in [0.5, 0.6) is 0 Å². The third-order valence-corrected chi connectivity index (χ3v) is 3.19. The molecule has 0 rings (SSSR count). The number of allylic oxidation sites excluding steroid dienone is 1. The van der Waals surface area contributed by atoms with Crippen LogP contribution in [0.2, 0.25) is 0 Å². The van der Waals surface area contributed by atoms with Gasteiger partial charge in [0.15, 0.2) is 0 Å². The highest BCUT2D eigenvalue weighted by Crippen LogP contribution is 2.22. The quantitative estimate of drug-likeness (QED) is 0.434. The van der Waals surface area contributed by atoms with Gasteiger partial charge in [0.2, 0.25) is 0 Å². The molecule has 0 aliphatic rings. The maximum absolute atomic E-state index is 3.82. The monoisotopic (exact) mass is 172 g/mol. The second-order valence-electron chi connectivity index (χ2n) is 3.60. The number of thioether (sulfide) groups is 1. The van der Waals surface area contributed by atoms with Crippen molar-refractivity contribution in [3.05, 3.63) is 12.7 Å². The fourth-order valence-electron chi connectivity index (χ4n) is 0.641. The van der Waals surface area contributed by atoms with E-state index in [1.54, 1.807) is 0 Å². The van der Waals surface area contributed by atoms with Gasteiger partial charge in [-0.3, -0.25) is 0 Å². The molecule has 0 aromatic heterocycles. The lowest BCUT2D eigenvalue weighted by Gasteiger charge is -2.18. The van der Waals surface area contributed by atoms with Gasteiger partial charge in [0, 0.05) is 5.75 Å². The molecular formula is C10H20S. The summed E-state index contributed by atoms with van der Waals surface area (Å²) in [6, 6.07) is 0. The summed E-state index contributed by atoms with van der Waals surface area (Å²) >= 11 is 2.04. The summed E-state index contributed by atoms with van der Waals surface area (Å²) in [5, 5.41) is 0. The largest absolute Gasteiger partial charge is 0.161 e. The summed E-state index contributed by atoms with van der Waals surface area (Å²) in [5.74, 6) is 2.50. The predicted octanol–water partition coefficient (Wildman–Crippen LogP) is 3.73. The summed E-state index contributed by atoms with van der Waals surface area (Å²) in [4.78, 5) is 0. The van der Waals surface area contributed by atoms with Crippen molar-refractivity contribution >= 4 is 11.8 Å². The lowest BCUT2D eigenvalue weighted by atomic mass is 9.97. The van der Waals surface area contributed by atoms with Crippen LogP contribution in [0.3, 0.4) is 0 Å². The summed E-state index contributed by atoms with van der Waals surface area (Å²) in [6.07, 6.45) is 4.70. The summed E-state index contributed by atoms with van der Waals surface area (Å²) in [5.41, 5.74) is 0.318. The SMILES string of the molecule is C=CC(C)(C)CSCCCC. The minimum atomic E-state index is 0.318. The Kier molecular flexibility index (Phi) is 5.75. The van der Waals surface area contributed by atoms with E-state index < -0.39 is 0 Å². The van der Waals surface area contributed by atoms with Crippen LogP contribution >= 0.6 is 11.8 Å². The lowest BCUT2D eigenvalue weighted by Crippen LogP contribution is -2.10. The molecule has 0 aromatic carbocycles. The minimum Gasteiger partial charge on any atom is -0.161 e. The van der Waals surface area contributed by atoms with Crippen LogP contribution in [0.25, 0.3) is 0 Å². The highest BCUT2D eigenvalue weighted by Gasteiger charge is 2.11. The first-order valence-corrected chi connectivity index (χ1v) is 5.49. The van der Waals surface area contributed by atoms with E-state index in [-0.39, 0.29) is 0 Å². The fraction of sp³-hybridized carbons (Fsp3) is 0.800. The molecule has 0 saturated heterocycles. The van der Waals surface area contributed by atoms with Gasteiger partial charge in [-0.2, -0.15) is 11.8 Å². The number of hydrogen-bond donors (Lipinski definition) is 0. The van der Waals surface area contributed by atoms with E-state index >= 15 is 0 Å². The zero-order chi connectivity index (χ0) is 8.74. The normalized spacial score (nSPS) is 11.5. The molecular weight excluding hydrogens is 152 g/mol. The van der Waals surface area contributed by atoms with Crippen molar-refractivity contribution in [2.24, 2.45) is 5.41 Å². The average molecular weight is 172 g/mol. The summed E-state index contributed by atoms with van der Waals surface area (Å²) < 4.78 is 0. The van der Waals surface area contributed by atoms with Crippen LogP contribution in [0.4, 0.5) is 0 Å². The summed E-state index contributed by atoms with van der Waals surface area (Å²) in [6.45, 7) is 10.5. The molecule has 0 N–H and O–H groups in total. The van der Waals surface area contributed by atoms with Crippen molar-refractivity contribution in [3.63, 3.8) is 0 Å². The Bertz CT molecular complexity index is 105. The topological polar surface area (TPSA) is 0 Å². The van der Waals surface area contributed by atoms with Crippen molar-refractivity contribution in [2.75, 3.05) is 11.5 Å². The van der Waals surface area contributed by atoms with E-state index in [0.29, 0.717) is 5.41 Å². The van der Waals surface area contributed by atoms with Crippen molar-refractivity contribution < 1.29 is 0 Å². The molecule has 0 aliphatic heterocycles.